The highest BCUT2D eigenvalue weighted by atomic mass is 32.2. The van der Waals surface area contributed by atoms with E-state index in [1.807, 2.05) is 37.7 Å². The number of carbonyl (C=O) groups excluding carboxylic acids is 1. The standard InChI is InChI=1S/C16H23N3O2S/c1-12-13(2)15(21-3)5-4-14(12)10-17-18-16(20)11-19-6-8-22-9-7-19/h4-5,10H,6-9,11H2,1-3H3,(H,18,20)/b17-10+. The number of amides is 1. The zero-order valence-electron chi connectivity index (χ0n) is 13.4. The van der Waals surface area contributed by atoms with Gasteiger partial charge in [-0.05, 0) is 42.7 Å². The molecule has 22 heavy (non-hydrogen) atoms. The van der Waals surface area contributed by atoms with E-state index in [2.05, 4.69) is 15.4 Å². The van der Waals surface area contributed by atoms with Gasteiger partial charge in [0.2, 0.25) is 0 Å². The molecule has 0 bridgehead atoms. The van der Waals surface area contributed by atoms with Gasteiger partial charge in [0.05, 0.1) is 19.9 Å². The smallest absolute Gasteiger partial charge is 0.254 e. The van der Waals surface area contributed by atoms with Gasteiger partial charge in [-0.25, -0.2) is 5.43 Å². The minimum atomic E-state index is -0.0639. The lowest BCUT2D eigenvalue weighted by atomic mass is 10.0. The maximum absolute atomic E-state index is 11.9. The van der Waals surface area contributed by atoms with Gasteiger partial charge in [0.1, 0.15) is 5.75 Å². The van der Waals surface area contributed by atoms with E-state index in [1.54, 1.807) is 13.3 Å². The number of hydrazone groups is 1. The minimum Gasteiger partial charge on any atom is -0.496 e. The first kappa shape index (κ1) is 16.8. The molecule has 0 aliphatic carbocycles. The molecule has 2 rings (SSSR count). The van der Waals surface area contributed by atoms with E-state index in [9.17, 15) is 4.79 Å². The second-order valence-electron chi connectivity index (χ2n) is 5.29. The summed E-state index contributed by atoms with van der Waals surface area (Å²) in [6.07, 6.45) is 1.69. The fraction of sp³-hybridized carbons (Fsp3) is 0.500. The summed E-state index contributed by atoms with van der Waals surface area (Å²) in [4.78, 5) is 14.0. The molecule has 0 radical (unpaired) electrons. The highest BCUT2D eigenvalue weighted by Crippen LogP contribution is 2.22. The van der Waals surface area contributed by atoms with Crippen LogP contribution in [0.15, 0.2) is 17.2 Å². The molecule has 1 N–H and O–H groups in total. The fourth-order valence-corrected chi connectivity index (χ4v) is 3.33. The van der Waals surface area contributed by atoms with Gasteiger partial charge in [-0.1, -0.05) is 0 Å². The van der Waals surface area contributed by atoms with Gasteiger partial charge in [0, 0.05) is 24.6 Å². The molecule has 1 saturated heterocycles. The van der Waals surface area contributed by atoms with Crippen LogP contribution >= 0.6 is 11.8 Å². The summed E-state index contributed by atoms with van der Waals surface area (Å²) in [6, 6.07) is 3.86. The van der Waals surface area contributed by atoms with Crippen molar-refractivity contribution in [2.75, 3.05) is 38.2 Å². The topological polar surface area (TPSA) is 53.9 Å². The first-order chi connectivity index (χ1) is 10.6. The van der Waals surface area contributed by atoms with Gasteiger partial charge in [0.25, 0.3) is 5.91 Å². The molecule has 5 nitrogen and oxygen atoms in total. The third-order valence-electron chi connectivity index (χ3n) is 3.86. The summed E-state index contributed by atoms with van der Waals surface area (Å²) in [7, 11) is 1.66. The molecule has 0 saturated carbocycles. The predicted molar refractivity (Wildman–Crippen MR) is 92.0 cm³/mol. The first-order valence-electron chi connectivity index (χ1n) is 7.38. The lowest BCUT2D eigenvalue weighted by Crippen LogP contribution is -2.40. The Morgan fingerprint density at radius 2 is 2.09 bits per heavy atom. The third kappa shape index (κ3) is 4.48. The average Bonchev–Trinajstić information content (AvgIpc) is 2.52. The lowest BCUT2D eigenvalue weighted by molar-refractivity contribution is -0.122. The zero-order valence-corrected chi connectivity index (χ0v) is 14.2. The monoisotopic (exact) mass is 321 g/mol. The Labute approximate surface area is 136 Å². The Hall–Kier alpha value is -1.53. The van der Waals surface area contributed by atoms with Crippen LogP contribution in [0, 0.1) is 13.8 Å². The van der Waals surface area contributed by atoms with Crippen LogP contribution in [0.25, 0.3) is 0 Å². The summed E-state index contributed by atoms with van der Waals surface area (Å²) < 4.78 is 5.29. The number of thioether (sulfide) groups is 1. The zero-order chi connectivity index (χ0) is 15.9. The van der Waals surface area contributed by atoms with Crippen molar-refractivity contribution >= 4 is 23.9 Å². The van der Waals surface area contributed by atoms with Crippen molar-refractivity contribution in [1.82, 2.24) is 10.3 Å². The van der Waals surface area contributed by atoms with Gasteiger partial charge in [-0.3, -0.25) is 9.69 Å². The maximum atomic E-state index is 11.9. The molecular weight excluding hydrogens is 298 g/mol. The summed E-state index contributed by atoms with van der Waals surface area (Å²) >= 11 is 1.93. The Kier molecular flexibility index (Phi) is 6.27. The minimum absolute atomic E-state index is 0.0639. The molecule has 1 aromatic carbocycles. The van der Waals surface area contributed by atoms with Crippen LogP contribution in [0.1, 0.15) is 16.7 Å². The van der Waals surface area contributed by atoms with E-state index >= 15 is 0 Å². The highest BCUT2D eigenvalue weighted by Gasteiger charge is 2.13. The molecule has 0 atom stereocenters. The molecule has 1 aliphatic heterocycles. The van der Waals surface area contributed by atoms with E-state index in [0.29, 0.717) is 6.54 Å². The van der Waals surface area contributed by atoms with Crippen molar-refractivity contribution in [2.45, 2.75) is 13.8 Å². The Bertz CT molecular complexity index is 555. The van der Waals surface area contributed by atoms with E-state index in [-0.39, 0.29) is 5.91 Å². The van der Waals surface area contributed by atoms with Crippen LogP contribution in [0.3, 0.4) is 0 Å². The van der Waals surface area contributed by atoms with Crippen molar-refractivity contribution in [1.29, 1.82) is 0 Å². The van der Waals surface area contributed by atoms with Crippen molar-refractivity contribution in [2.24, 2.45) is 5.10 Å². The van der Waals surface area contributed by atoms with Gasteiger partial charge in [0.15, 0.2) is 0 Å². The van der Waals surface area contributed by atoms with Gasteiger partial charge >= 0.3 is 0 Å². The molecule has 120 valence electrons. The van der Waals surface area contributed by atoms with Gasteiger partial charge in [-0.15, -0.1) is 0 Å². The summed E-state index contributed by atoms with van der Waals surface area (Å²) in [6.45, 7) is 6.39. The van der Waals surface area contributed by atoms with Crippen molar-refractivity contribution < 1.29 is 9.53 Å². The number of methoxy groups -OCH3 is 1. The Morgan fingerprint density at radius 1 is 1.36 bits per heavy atom. The second-order valence-corrected chi connectivity index (χ2v) is 6.51. The van der Waals surface area contributed by atoms with Crippen molar-refractivity contribution in [3.05, 3.63) is 28.8 Å². The quantitative estimate of drug-likeness (QED) is 0.664. The molecule has 1 heterocycles. The molecule has 1 fully saturated rings. The molecule has 1 aliphatic rings. The van der Waals surface area contributed by atoms with Crippen LogP contribution in [0.5, 0.6) is 5.75 Å². The van der Waals surface area contributed by atoms with Crippen LogP contribution in [-0.2, 0) is 4.79 Å². The Morgan fingerprint density at radius 3 is 2.77 bits per heavy atom. The van der Waals surface area contributed by atoms with E-state index in [4.69, 9.17) is 4.74 Å². The van der Waals surface area contributed by atoms with Crippen molar-refractivity contribution in [3.63, 3.8) is 0 Å². The number of hydrogen-bond donors (Lipinski definition) is 1. The average molecular weight is 321 g/mol. The molecular formula is C16H23N3O2S. The Balaban J connectivity index is 1.89. The molecule has 0 aromatic heterocycles. The predicted octanol–water partition coefficient (Wildman–Crippen LogP) is 1.81. The molecule has 1 aromatic rings. The summed E-state index contributed by atoms with van der Waals surface area (Å²) in [5.74, 6) is 2.99. The first-order valence-corrected chi connectivity index (χ1v) is 8.53. The number of nitrogens with one attached hydrogen (secondary N) is 1. The van der Waals surface area contributed by atoms with Crippen LogP contribution < -0.4 is 10.2 Å². The number of benzene rings is 1. The maximum Gasteiger partial charge on any atom is 0.254 e. The number of nitrogens with zero attached hydrogens (tertiary/aromatic N) is 2. The van der Waals surface area contributed by atoms with Gasteiger partial charge < -0.3 is 4.74 Å². The van der Waals surface area contributed by atoms with Crippen LogP contribution in [-0.4, -0.2) is 55.3 Å². The number of carbonyl (C=O) groups is 1. The number of rotatable bonds is 5. The number of ether oxygens (including phenoxy) is 1. The van der Waals surface area contributed by atoms with Crippen LogP contribution in [0.4, 0.5) is 0 Å². The highest BCUT2D eigenvalue weighted by molar-refractivity contribution is 7.99. The molecule has 1 amide bonds. The lowest BCUT2D eigenvalue weighted by Gasteiger charge is -2.24. The largest absolute Gasteiger partial charge is 0.496 e. The summed E-state index contributed by atoms with van der Waals surface area (Å²) in [5, 5.41) is 4.07. The normalized spacial score (nSPS) is 16.0. The van der Waals surface area contributed by atoms with Crippen molar-refractivity contribution in [3.8, 4) is 5.75 Å². The van der Waals surface area contributed by atoms with Crippen LogP contribution in [0.2, 0.25) is 0 Å². The third-order valence-corrected chi connectivity index (χ3v) is 4.81. The fourth-order valence-electron chi connectivity index (χ4n) is 2.35. The van der Waals surface area contributed by atoms with E-state index in [1.165, 1.54) is 0 Å². The molecule has 0 spiro atoms. The van der Waals surface area contributed by atoms with E-state index < -0.39 is 0 Å². The van der Waals surface area contributed by atoms with Gasteiger partial charge in [-0.2, -0.15) is 16.9 Å². The number of hydrogen-bond acceptors (Lipinski definition) is 5. The molecule has 6 heteroatoms. The van der Waals surface area contributed by atoms with E-state index in [0.717, 1.165) is 47.0 Å². The summed E-state index contributed by atoms with van der Waals surface area (Å²) in [5.41, 5.74) is 5.77. The molecule has 0 unspecified atom stereocenters. The SMILES string of the molecule is COc1ccc(/C=N/NC(=O)CN2CCSCC2)c(C)c1C. The second kappa shape index (κ2) is 8.19.